The lowest BCUT2D eigenvalue weighted by molar-refractivity contribution is -0.143. The van der Waals surface area contributed by atoms with Crippen LogP contribution in [0.4, 0.5) is 0 Å². The van der Waals surface area contributed by atoms with Gasteiger partial charge in [0, 0.05) is 30.6 Å². The van der Waals surface area contributed by atoms with Crippen molar-refractivity contribution in [2.45, 2.75) is 46.7 Å². The molecule has 1 amide bonds. The second-order valence-corrected chi connectivity index (χ2v) is 5.23. The van der Waals surface area contributed by atoms with E-state index in [1.165, 1.54) is 0 Å². The first-order valence-electron chi connectivity index (χ1n) is 5.38. The van der Waals surface area contributed by atoms with Gasteiger partial charge in [-0.3, -0.25) is 4.79 Å². The van der Waals surface area contributed by atoms with Gasteiger partial charge in [0.2, 0.25) is 5.91 Å². The van der Waals surface area contributed by atoms with E-state index >= 15 is 0 Å². The fourth-order valence-electron chi connectivity index (χ4n) is 1.77. The molecule has 14 heavy (non-hydrogen) atoms. The van der Waals surface area contributed by atoms with E-state index in [-0.39, 0.29) is 11.3 Å². The molecule has 3 nitrogen and oxygen atoms in total. The van der Waals surface area contributed by atoms with Crippen molar-refractivity contribution in [2.75, 3.05) is 13.1 Å². The number of carbonyl (C=O) groups is 1. The van der Waals surface area contributed by atoms with E-state index in [0.717, 1.165) is 13.1 Å². The highest BCUT2D eigenvalue weighted by Gasteiger charge is 2.33. The molecule has 0 spiro atoms. The predicted octanol–water partition coefficient (Wildman–Crippen LogP) is 1.24. The SMILES string of the molecule is CC1NCCN(C(=O)C(C)(C)C)C1C. The van der Waals surface area contributed by atoms with Crippen LogP contribution in [0.5, 0.6) is 0 Å². The molecule has 1 fully saturated rings. The van der Waals surface area contributed by atoms with E-state index in [9.17, 15) is 4.79 Å². The minimum atomic E-state index is -0.259. The quantitative estimate of drug-likeness (QED) is 0.635. The summed E-state index contributed by atoms with van der Waals surface area (Å²) in [6, 6.07) is 0.700. The van der Waals surface area contributed by atoms with Gasteiger partial charge in [-0.1, -0.05) is 20.8 Å². The van der Waals surface area contributed by atoms with Crippen LogP contribution in [0.1, 0.15) is 34.6 Å². The molecule has 2 atom stereocenters. The molecule has 1 saturated heterocycles. The van der Waals surface area contributed by atoms with Gasteiger partial charge < -0.3 is 10.2 Å². The van der Waals surface area contributed by atoms with Crippen molar-refractivity contribution in [1.29, 1.82) is 0 Å². The number of hydrogen-bond donors (Lipinski definition) is 1. The van der Waals surface area contributed by atoms with Gasteiger partial charge in [0.1, 0.15) is 0 Å². The fraction of sp³-hybridized carbons (Fsp3) is 0.909. The topological polar surface area (TPSA) is 32.3 Å². The average Bonchev–Trinajstić information content (AvgIpc) is 2.07. The summed E-state index contributed by atoms with van der Waals surface area (Å²) in [5.74, 6) is 0.262. The van der Waals surface area contributed by atoms with Crippen LogP contribution in [0, 0.1) is 5.41 Å². The number of rotatable bonds is 0. The number of nitrogens with one attached hydrogen (secondary N) is 1. The number of hydrogen-bond acceptors (Lipinski definition) is 2. The van der Waals surface area contributed by atoms with Crippen LogP contribution in [0.15, 0.2) is 0 Å². The third-order valence-electron chi connectivity index (χ3n) is 2.94. The Bertz CT molecular complexity index is 220. The van der Waals surface area contributed by atoms with Gasteiger partial charge in [0.15, 0.2) is 0 Å². The predicted molar refractivity (Wildman–Crippen MR) is 58.1 cm³/mol. The molecule has 0 aromatic rings. The summed E-state index contributed by atoms with van der Waals surface area (Å²) in [6.07, 6.45) is 0. The maximum Gasteiger partial charge on any atom is 0.228 e. The van der Waals surface area contributed by atoms with Crippen LogP contribution in [-0.2, 0) is 4.79 Å². The minimum absolute atomic E-state index is 0.259. The highest BCUT2D eigenvalue weighted by Crippen LogP contribution is 2.21. The second-order valence-electron chi connectivity index (χ2n) is 5.23. The summed E-state index contributed by atoms with van der Waals surface area (Å²) in [5, 5.41) is 3.37. The summed E-state index contributed by atoms with van der Waals surface area (Å²) in [7, 11) is 0. The molecule has 0 aromatic carbocycles. The molecule has 0 aromatic heterocycles. The number of nitrogens with zero attached hydrogens (tertiary/aromatic N) is 1. The summed E-state index contributed by atoms with van der Waals surface area (Å²) in [6.45, 7) is 11.9. The monoisotopic (exact) mass is 198 g/mol. The van der Waals surface area contributed by atoms with Crippen LogP contribution in [0.2, 0.25) is 0 Å². The largest absolute Gasteiger partial charge is 0.337 e. The number of carbonyl (C=O) groups excluding carboxylic acids is 1. The zero-order valence-corrected chi connectivity index (χ0v) is 9.92. The Hall–Kier alpha value is -0.570. The van der Waals surface area contributed by atoms with Gasteiger partial charge in [0.05, 0.1) is 0 Å². The maximum absolute atomic E-state index is 12.1. The lowest BCUT2D eigenvalue weighted by Gasteiger charge is -2.41. The summed E-state index contributed by atoms with van der Waals surface area (Å²) in [4.78, 5) is 14.1. The van der Waals surface area contributed by atoms with Crippen molar-refractivity contribution in [2.24, 2.45) is 5.41 Å². The van der Waals surface area contributed by atoms with Crippen LogP contribution in [0.25, 0.3) is 0 Å². The van der Waals surface area contributed by atoms with Crippen molar-refractivity contribution in [3.8, 4) is 0 Å². The van der Waals surface area contributed by atoms with Crippen LogP contribution in [0.3, 0.4) is 0 Å². The molecule has 1 aliphatic rings. The lowest BCUT2D eigenvalue weighted by Crippen LogP contribution is -2.59. The fourth-order valence-corrected chi connectivity index (χ4v) is 1.77. The van der Waals surface area contributed by atoms with Crippen molar-refractivity contribution in [1.82, 2.24) is 10.2 Å². The van der Waals surface area contributed by atoms with E-state index < -0.39 is 0 Å². The molecule has 0 aliphatic carbocycles. The van der Waals surface area contributed by atoms with E-state index in [2.05, 4.69) is 19.2 Å². The Balaban J connectivity index is 2.72. The average molecular weight is 198 g/mol. The van der Waals surface area contributed by atoms with Crippen molar-refractivity contribution >= 4 is 5.91 Å². The van der Waals surface area contributed by atoms with E-state index in [1.54, 1.807) is 0 Å². The molecule has 2 unspecified atom stereocenters. The smallest absolute Gasteiger partial charge is 0.228 e. The Morgan fingerprint density at radius 1 is 1.36 bits per heavy atom. The first-order valence-corrected chi connectivity index (χ1v) is 5.38. The zero-order valence-electron chi connectivity index (χ0n) is 9.92. The highest BCUT2D eigenvalue weighted by atomic mass is 16.2. The molecule has 1 aliphatic heterocycles. The molecular weight excluding hydrogens is 176 g/mol. The molecule has 0 radical (unpaired) electrons. The summed E-state index contributed by atoms with van der Waals surface area (Å²) >= 11 is 0. The molecule has 82 valence electrons. The van der Waals surface area contributed by atoms with Crippen molar-refractivity contribution < 1.29 is 4.79 Å². The van der Waals surface area contributed by atoms with Gasteiger partial charge in [-0.05, 0) is 13.8 Å². The number of amides is 1. The lowest BCUT2D eigenvalue weighted by atomic mass is 9.92. The van der Waals surface area contributed by atoms with E-state index in [4.69, 9.17) is 0 Å². The van der Waals surface area contributed by atoms with Gasteiger partial charge >= 0.3 is 0 Å². The van der Waals surface area contributed by atoms with Crippen LogP contribution < -0.4 is 5.32 Å². The van der Waals surface area contributed by atoms with Gasteiger partial charge in [0.25, 0.3) is 0 Å². The van der Waals surface area contributed by atoms with Crippen LogP contribution in [-0.4, -0.2) is 36.0 Å². The molecule has 0 bridgehead atoms. The zero-order chi connectivity index (χ0) is 10.9. The standard InChI is InChI=1S/C11H22N2O/c1-8-9(2)13(7-6-12-8)10(14)11(3,4)5/h8-9,12H,6-7H2,1-5H3. The Morgan fingerprint density at radius 2 is 1.93 bits per heavy atom. The Kier molecular flexibility index (Phi) is 3.20. The van der Waals surface area contributed by atoms with E-state index in [1.807, 2.05) is 25.7 Å². The molecule has 1 rings (SSSR count). The third kappa shape index (κ3) is 2.27. The van der Waals surface area contributed by atoms with Crippen molar-refractivity contribution in [3.05, 3.63) is 0 Å². The first-order chi connectivity index (χ1) is 6.34. The number of piperazine rings is 1. The Morgan fingerprint density at radius 3 is 2.43 bits per heavy atom. The minimum Gasteiger partial charge on any atom is -0.337 e. The van der Waals surface area contributed by atoms with E-state index in [0.29, 0.717) is 12.1 Å². The normalized spacial score (nSPS) is 29.1. The summed E-state index contributed by atoms with van der Waals surface area (Å²) in [5.41, 5.74) is -0.259. The first kappa shape index (κ1) is 11.5. The van der Waals surface area contributed by atoms with Crippen molar-refractivity contribution in [3.63, 3.8) is 0 Å². The molecule has 1 heterocycles. The molecule has 3 heteroatoms. The second kappa shape index (κ2) is 3.89. The van der Waals surface area contributed by atoms with Gasteiger partial charge in [-0.25, -0.2) is 0 Å². The van der Waals surface area contributed by atoms with Gasteiger partial charge in [-0.15, -0.1) is 0 Å². The third-order valence-corrected chi connectivity index (χ3v) is 2.94. The highest BCUT2D eigenvalue weighted by molar-refractivity contribution is 5.82. The van der Waals surface area contributed by atoms with Gasteiger partial charge in [-0.2, -0.15) is 0 Å². The summed E-state index contributed by atoms with van der Waals surface area (Å²) < 4.78 is 0. The van der Waals surface area contributed by atoms with Crippen LogP contribution >= 0.6 is 0 Å². The maximum atomic E-state index is 12.1. The molecule has 1 N–H and O–H groups in total. The molecular formula is C11H22N2O. The molecule has 0 saturated carbocycles. The Labute approximate surface area is 86.9 Å².